The van der Waals surface area contributed by atoms with Gasteiger partial charge in [0.2, 0.25) is 21.8 Å². The van der Waals surface area contributed by atoms with Gasteiger partial charge in [-0.15, -0.1) is 0 Å². The van der Waals surface area contributed by atoms with Gasteiger partial charge in [0.05, 0.1) is 11.9 Å². The fraction of sp³-hybridized carbons (Fsp3) is 0.391. The van der Waals surface area contributed by atoms with E-state index in [2.05, 4.69) is 5.32 Å². The van der Waals surface area contributed by atoms with Crippen LogP contribution in [0.25, 0.3) is 0 Å². The molecule has 0 bridgehead atoms. The van der Waals surface area contributed by atoms with E-state index in [1.54, 1.807) is 19.1 Å². The molecule has 2 amide bonds. The molecule has 2 aromatic carbocycles. The van der Waals surface area contributed by atoms with Crippen LogP contribution in [0.4, 0.5) is 5.69 Å². The molecule has 0 saturated heterocycles. The number of rotatable bonds is 8. The van der Waals surface area contributed by atoms with Crippen molar-refractivity contribution in [2.45, 2.75) is 45.8 Å². The Hall–Kier alpha value is -2.00. The van der Waals surface area contributed by atoms with Crippen molar-refractivity contribution in [2.24, 2.45) is 0 Å². The van der Waals surface area contributed by atoms with Crippen molar-refractivity contribution in [1.29, 1.82) is 0 Å². The van der Waals surface area contributed by atoms with Crippen molar-refractivity contribution in [3.63, 3.8) is 0 Å². The van der Waals surface area contributed by atoms with E-state index >= 15 is 0 Å². The molecule has 0 aliphatic rings. The largest absolute Gasteiger partial charge is 0.350 e. The predicted molar refractivity (Wildman–Crippen MR) is 138 cm³/mol. The zero-order valence-corrected chi connectivity index (χ0v) is 22.7. The van der Waals surface area contributed by atoms with E-state index < -0.39 is 34.1 Å². The van der Waals surface area contributed by atoms with Gasteiger partial charge in [-0.2, -0.15) is 0 Å². The zero-order valence-electron chi connectivity index (χ0n) is 19.6. The maximum Gasteiger partial charge on any atom is 0.244 e. The molecule has 0 spiro atoms. The maximum absolute atomic E-state index is 13.5. The summed E-state index contributed by atoms with van der Waals surface area (Å²) in [7, 11) is -3.82. The van der Waals surface area contributed by atoms with Crippen molar-refractivity contribution < 1.29 is 18.0 Å². The number of halogens is 3. The predicted octanol–water partition coefficient (Wildman–Crippen LogP) is 4.74. The fourth-order valence-corrected chi connectivity index (χ4v) is 4.56. The van der Waals surface area contributed by atoms with E-state index in [0.29, 0.717) is 20.6 Å². The Morgan fingerprint density at radius 2 is 1.56 bits per heavy atom. The normalized spacial score (nSPS) is 12.7. The van der Waals surface area contributed by atoms with Crippen LogP contribution in [0.15, 0.2) is 42.5 Å². The van der Waals surface area contributed by atoms with Crippen molar-refractivity contribution in [2.75, 3.05) is 17.1 Å². The van der Waals surface area contributed by atoms with Crippen LogP contribution in [0.3, 0.4) is 0 Å². The smallest absolute Gasteiger partial charge is 0.244 e. The molecule has 0 aromatic heterocycles. The summed E-state index contributed by atoms with van der Waals surface area (Å²) in [5.74, 6) is -0.966. The van der Waals surface area contributed by atoms with Crippen LogP contribution in [0, 0.1) is 0 Å². The third-order valence-corrected chi connectivity index (χ3v) is 6.79. The molecule has 7 nitrogen and oxygen atoms in total. The minimum Gasteiger partial charge on any atom is -0.350 e. The first-order valence-corrected chi connectivity index (χ1v) is 13.4. The number of benzene rings is 2. The van der Waals surface area contributed by atoms with Crippen LogP contribution >= 0.6 is 34.8 Å². The third kappa shape index (κ3) is 8.05. The number of carbonyl (C=O) groups is 2. The number of hydrogen-bond acceptors (Lipinski definition) is 4. The average molecular weight is 549 g/mol. The number of carbonyl (C=O) groups excluding carboxylic acids is 2. The summed E-state index contributed by atoms with van der Waals surface area (Å²) in [6.45, 7) is 6.52. The Labute approximate surface area is 216 Å². The van der Waals surface area contributed by atoms with E-state index in [0.717, 1.165) is 10.6 Å². The van der Waals surface area contributed by atoms with Crippen LogP contribution in [0.2, 0.25) is 15.1 Å². The standard InChI is InChI=1S/C23H28Cl3N3O4S/c1-15(22(31)27-23(2,3)4)28(13-16-6-7-18(25)12-20(16)26)21(30)14-29(34(5,32)33)19-10-8-17(24)9-11-19/h6-12,15H,13-14H2,1-5H3,(H,27,31). The first-order chi connectivity index (χ1) is 15.6. The summed E-state index contributed by atoms with van der Waals surface area (Å²) in [5.41, 5.74) is 0.309. The van der Waals surface area contributed by atoms with Gasteiger partial charge in [-0.3, -0.25) is 13.9 Å². The van der Waals surface area contributed by atoms with Crippen LogP contribution in [-0.2, 0) is 26.2 Å². The Morgan fingerprint density at radius 1 is 1.00 bits per heavy atom. The molecule has 1 atom stereocenters. The molecule has 2 rings (SSSR count). The number of nitrogens with zero attached hydrogens (tertiary/aromatic N) is 2. The summed E-state index contributed by atoms with van der Waals surface area (Å²) < 4.78 is 26.0. The lowest BCUT2D eigenvalue weighted by atomic mass is 10.1. The number of nitrogens with one attached hydrogen (secondary N) is 1. The first-order valence-electron chi connectivity index (χ1n) is 10.4. The minimum absolute atomic E-state index is 0.0220. The summed E-state index contributed by atoms with van der Waals surface area (Å²) in [4.78, 5) is 27.7. The quantitative estimate of drug-likeness (QED) is 0.516. The lowest BCUT2D eigenvalue weighted by Crippen LogP contribution is -2.54. The molecular weight excluding hydrogens is 521 g/mol. The highest BCUT2D eigenvalue weighted by atomic mass is 35.5. The van der Waals surface area contributed by atoms with E-state index in [1.165, 1.54) is 35.2 Å². The molecule has 0 heterocycles. The number of amides is 2. The minimum atomic E-state index is -3.82. The van der Waals surface area contributed by atoms with Gasteiger partial charge in [0.1, 0.15) is 12.6 Å². The Bertz CT molecular complexity index is 1150. The Morgan fingerprint density at radius 3 is 2.06 bits per heavy atom. The van der Waals surface area contributed by atoms with Crippen molar-refractivity contribution in [3.05, 3.63) is 63.1 Å². The SMILES string of the molecule is CC(C(=O)NC(C)(C)C)N(Cc1ccc(Cl)cc1Cl)C(=O)CN(c1ccc(Cl)cc1)S(C)(=O)=O. The third-order valence-electron chi connectivity index (χ3n) is 4.82. The lowest BCUT2D eigenvalue weighted by Gasteiger charge is -2.33. The molecule has 0 fully saturated rings. The molecule has 34 heavy (non-hydrogen) atoms. The molecule has 11 heteroatoms. The number of hydrogen-bond donors (Lipinski definition) is 1. The van der Waals surface area contributed by atoms with Crippen molar-refractivity contribution in [1.82, 2.24) is 10.2 Å². The topological polar surface area (TPSA) is 86.8 Å². The van der Waals surface area contributed by atoms with E-state index in [9.17, 15) is 18.0 Å². The van der Waals surface area contributed by atoms with Gasteiger partial charge in [-0.1, -0.05) is 40.9 Å². The second kappa shape index (κ2) is 11.2. The number of anilines is 1. The second-order valence-electron chi connectivity index (χ2n) is 8.92. The molecule has 1 N–H and O–H groups in total. The van der Waals surface area contributed by atoms with Crippen LogP contribution in [0.5, 0.6) is 0 Å². The molecule has 0 aliphatic carbocycles. The Kier molecular flexibility index (Phi) is 9.27. The van der Waals surface area contributed by atoms with Gasteiger partial charge >= 0.3 is 0 Å². The van der Waals surface area contributed by atoms with Gasteiger partial charge in [0.25, 0.3) is 0 Å². The monoisotopic (exact) mass is 547 g/mol. The zero-order chi connectivity index (χ0) is 25.8. The van der Waals surface area contributed by atoms with Gasteiger partial charge < -0.3 is 10.2 Å². The van der Waals surface area contributed by atoms with Crippen LogP contribution < -0.4 is 9.62 Å². The fourth-order valence-electron chi connectivity index (χ4n) is 3.11. The highest BCUT2D eigenvalue weighted by Gasteiger charge is 2.31. The Balaban J connectivity index is 2.43. The number of sulfonamides is 1. The van der Waals surface area contributed by atoms with Crippen LogP contribution in [0.1, 0.15) is 33.3 Å². The van der Waals surface area contributed by atoms with E-state index in [1.807, 2.05) is 20.8 Å². The van der Waals surface area contributed by atoms with Gasteiger partial charge in [0, 0.05) is 27.2 Å². The van der Waals surface area contributed by atoms with E-state index in [4.69, 9.17) is 34.8 Å². The molecule has 0 radical (unpaired) electrons. The maximum atomic E-state index is 13.5. The van der Waals surface area contributed by atoms with Crippen LogP contribution in [-0.4, -0.2) is 49.5 Å². The van der Waals surface area contributed by atoms with Crippen molar-refractivity contribution in [3.8, 4) is 0 Å². The summed E-state index contributed by atoms with van der Waals surface area (Å²) in [5, 5.41) is 4.03. The van der Waals surface area contributed by atoms with E-state index in [-0.39, 0.29) is 18.1 Å². The van der Waals surface area contributed by atoms with Gasteiger partial charge in [-0.25, -0.2) is 8.42 Å². The van der Waals surface area contributed by atoms with Gasteiger partial charge in [0.15, 0.2) is 0 Å². The first kappa shape index (κ1) is 28.2. The molecular formula is C23H28Cl3N3O4S. The lowest BCUT2D eigenvalue weighted by molar-refractivity contribution is -0.140. The summed E-state index contributed by atoms with van der Waals surface area (Å²) in [6.07, 6.45) is 1.00. The van der Waals surface area contributed by atoms with Gasteiger partial charge in [-0.05, 0) is 69.7 Å². The summed E-state index contributed by atoms with van der Waals surface area (Å²) in [6, 6.07) is 9.99. The molecule has 2 aromatic rings. The molecule has 0 saturated carbocycles. The highest BCUT2D eigenvalue weighted by Crippen LogP contribution is 2.25. The molecule has 1 unspecified atom stereocenters. The summed E-state index contributed by atoms with van der Waals surface area (Å²) >= 11 is 18.2. The highest BCUT2D eigenvalue weighted by molar-refractivity contribution is 7.92. The molecule has 186 valence electrons. The molecule has 0 aliphatic heterocycles. The second-order valence-corrected chi connectivity index (χ2v) is 12.1. The van der Waals surface area contributed by atoms with Crippen molar-refractivity contribution >= 4 is 62.3 Å². The average Bonchev–Trinajstić information content (AvgIpc) is 2.69.